The largest absolute Gasteiger partial charge is 0.319 e. The Hall–Kier alpha value is -3.22. The molecule has 6 nitrogen and oxygen atoms in total. The summed E-state index contributed by atoms with van der Waals surface area (Å²) in [4.78, 5) is 35.0. The molecule has 39 heavy (non-hydrogen) atoms. The van der Waals surface area contributed by atoms with E-state index in [1.165, 1.54) is 23.1 Å². The molecule has 0 unspecified atom stereocenters. The van der Waals surface area contributed by atoms with Crippen molar-refractivity contribution in [2.45, 2.75) is 53.4 Å². The molecular weight excluding hydrogens is 508 g/mol. The highest BCUT2D eigenvalue weighted by Crippen LogP contribution is 2.37. The van der Waals surface area contributed by atoms with E-state index in [9.17, 15) is 9.59 Å². The smallest absolute Gasteiger partial charge is 0.257 e. The van der Waals surface area contributed by atoms with Gasteiger partial charge in [0.25, 0.3) is 5.91 Å². The highest BCUT2D eigenvalue weighted by atomic mass is 35.5. The molecule has 0 spiro atoms. The van der Waals surface area contributed by atoms with Crippen molar-refractivity contribution in [3.8, 4) is 0 Å². The van der Waals surface area contributed by atoms with Crippen molar-refractivity contribution in [2.75, 3.05) is 29.9 Å². The minimum Gasteiger partial charge on any atom is -0.319 e. The van der Waals surface area contributed by atoms with E-state index in [0.717, 1.165) is 38.0 Å². The van der Waals surface area contributed by atoms with E-state index in [1.54, 1.807) is 24.3 Å². The number of aromatic nitrogens is 1. The number of fused-ring (bicyclic) bond motifs is 2. The molecule has 7 heteroatoms. The molecule has 206 valence electrons. The predicted octanol–water partition coefficient (Wildman–Crippen LogP) is 7.14. The summed E-state index contributed by atoms with van der Waals surface area (Å²) in [6, 6.07) is 17.0. The number of unbranched alkanes of at least 4 members (excludes halogenated alkanes) is 1. The molecule has 0 radical (unpaired) electrons. The lowest BCUT2D eigenvalue weighted by Gasteiger charge is -2.26. The van der Waals surface area contributed by atoms with Crippen LogP contribution in [0.5, 0.6) is 0 Å². The van der Waals surface area contributed by atoms with Crippen LogP contribution in [0.15, 0.2) is 60.8 Å². The fourth-order valence-electron chi connectivity index (χ4n) is 5.15. The fraction of sp³-hybridized carbons (Fsp3) is 0.406. The van der Waals surface area contributed by atoms with Gasteiger partial charge in [0.1, 0.15) is 0 Å². The molecule has 0 bridgehead atoms. The molecule has 0 saturated heterocycles. The van der Waals surface area contributed by atoms with Crippen molar-refractivity contribution < 1.29 is 9.59 Å². The molecule has 1 aliphatic heterocycles. The minimum absolute atomic E-state index is 0.168. The number of carbonyl (C=O) groups is 2. The number of nitrogens with zero attached hydrogens (tertiary/aromatic N) is 3. The van der Waals surface area contributed by atoms with E-state index >= 15 is 0 Å². The van der Waals surface area contributed by atoms with Gasteiger partial charge in [-0.2, -0.15) is 0 Å². The summed E-state index contributed by atoms with van der Waals surface area (Å²) in [5, 5.41) is 3.23. The zero-order valence-electron chi connectivity index (χ0n) is 23.4. The van der Waals surface area contributed by atoms with Crippen molar-refractivity contribution >= 4 is 40.6 Å². The van der Waals surface area contributed by atoms with Crippen LogP contribution in [0.25, 0.3) is 0 Å². The van der Waals surface area contributed by atoms with E-state index in [2.05, 4.69) is 55.0 Å². The van der Waals surface area contributed by atoms with Crippen molar-refractivity contribution in [3.05, 3.63) is 82.5 Å². The van der Waals surface area contributed by atoms with Gasteiger partial charge in [0.05, 0.1) is 28.4 Å². The lowest BCUT2D eigenvalue weighted by Crippen LogP contribution is -2.32. The molecule has 2 amide bonds. The lowest BCUT2D eigenvalue weighted by molar-refractivity contribution is -0.117. The molecule has 0 atom stereocenters. The Labute approximate surface area is 237 Å². The standard InChI is InChI=1S/C32H39ClN4O2/c1-22(2)20-36(21-23(3)4)16-8-7-9-24-12-14-25(15-13-24)17-30(38)37-29-11-6-5-10-27(29)32(39)35-28-18-26(33)19-34-31(28)37/h5-6,10-15,18-19,22-23H,7-9,16-17,20-21H2,1-4H3,(H,35,39). The third-order valence-electron chi connectivity index (χ3n) is 6.75. The number of pyridine rings is 1. The minimum atomic E-state index is -0.299. The summed E-state index contributed by atoms with van der Waals surface area (Å²) in [5.41, 5.74) is 3.53. The average Bonchev–Trinajstić information content (AvgIpc) is 3.00. The topological polar surface area (TPSA) is 65.5 Å². The SMILES string of the molecule is CC(C)CN(CCCCc1ccc(CC(=O)N2c3ccccc3C(=O)Nc3cc(Cl)cnc32)cc1)CC(C)C. The van der Waals surface area contributed by atoms with Crippen LogP contribution in [-0.2, 0) is 17.6 Å². The summed E-state index contributed by atoms with van der Waals surface area (Å²) in [7, 11) is 0. The number of anilines is 3. The second kappa shape index (κ2) is 13.2. The molecule has 3 aromatic rings. The molecule has 1 N–H and O–H groups in total. The van der Waals surface area contributed by atoms with Crippen LogP contribution in [0, 0.1) is 11.8 Å². The normalized spacial score (nSPS) is 12.9. The summed E-state index contributed by atoms with van der Waals surface area (Å²) >= 11 is 6.14. The summed E-state index contributed by atoms with van der Waals surface area (Å²) in [5.74, 6) is 1.26. The van der Waals surface area contributed by atoms with Gasteiger partial charge < -0.3 is 10.2 Å². The van der Waals surface area contributed by atoms with E-state index < -0.39 is 0 Å². The van der Waals surface area contributed by atoms with Gasteiger partial charge in [-0.3, -0.25) is 14.5 Å². The first-order valence-electron chi connectivity index (χ1n) is 13.9. The Kier molecular flexibility index (Phi) is 9.76. The number of carbonyl (C=O) groups excluding carboxylic acids is 2. The number of para-hydroxylation sites is 1. The number of hydrogen-bond donors (Lipinski definition) is 1. The first-order valence-corrected chi connectivity index (χ1v) is 14.3. The third-order valence-corrected chi connectivity index (χ3v) is 6.95. The highest BCUT2D eigenvalue weighted by molar-refractivity contribution is 6.31. The first kappa shape index (κ1) is 28.8. The van der Waals surface area contributed by atoms with Crippen LogP contribution in [-0.4, -0.2) is 41.3 Å². The molecule has 1 aliphatic rings. The summed E-state index contributed by atoms with van der Waals surface area (Å²) < 4.78 is 0. The third kappa shape index (κ3) is 7.68. The van der Waals surface area contributed by atoms with E-state index in [0.29, 0.717) is 39.6 Å². The van der Waals surface area contributed by atoms with E-state index in [-0.39, 0.29) is 18.2 Å². The Morgan fingerprint density at radius 1 is 0.974 bits per heavy atom. The maximum atomic E-state index is 13.7. The van der Waals surface area contributed by atoms with Crippen molar-refractivity contribution in [1.29, 1.82) is 0 Å². The van der Waals surface area contributed by atoms with Crippen LogP contribution < -0.4 is 10.2 Å². The quantitative estimate of drug-likeness (QED) is 0.259. The fourth-order valence-corrected chi connectivity index (χ4v) is 5.31. The predicted molar refractivity (Wildman–Crippen MR) is 160 cm³/mol. The maximum absolute atomic E-state index is 13.7. The van der Waals surface area contributed by atoms with Gasteiger partial charge in [-0.15, -0.1) is 0 Å². The van der Waals surface area contributed by atoms with E-state index in [1.807, 2.05) is 18.2 Å². The Bertz CT molecular complexity index is 1280. The van der Waals surface area contributed by atoms with Crippen LogP contribution in [0.1, 0.15) is 62.0 Å². The molecule has 4 rings (SSSR count). The average molecular weight is 547 g/mol. The molecule has 2 heterocycles. The highest BCUT2D eigenvalue weighted by Gasteiger charge is 2.30. The van der Waals surface area contributed by atoms with Crippen LogP contribution in [0.3, 0.4) is 0 Å². The lowest BCUT2D eigenvalue weighted by atomic mass is 10.0. The Morgan fingerprint density at radius 2 is 1.64 bits per heavy atom. The van der Waals surface area contributed by atoms with Gasteiger partial charge in [-0.05, 0) is 67.0 Å². The van der Waals surface area contributed by atoms with Crippen LogP contribution >= 0.6 is 11.6 Å². The van der Waals surface area contributed by atoms with Crippen molar-refractivity contribution in [2.24, 2.45) is 11.8 Å². The Balaban J connectivity index is 1.41. The molecule has 0 aliphatic carbocycles. The summed E-state index contributed by atoms with van der Waals surface area (Å²) in [6.45, 7) is 12.6. The molecule has 0 fully saturated rings. The summed E-state index contributed by atoms with van der Waals surface area (Å²) in [6.07, 6.45) is 5.02. The molecular formula is C32H39ClN4O2. The number of benzene rings is 2. The first-order chi connectivity index (χ1) is 18.7. The van der Waals surface area contributed by atoms with Gasteiger partial charge in [0.2, 0.25) is 5.91 Å². The second-order valence-corrected chi connectivity index (χ2v) is 11.7. The van der Waals surface area contributed by atoms with Gasteiger partial charge in [0.15, 0.2) is 5.82 Å². The number of aryl methyl sites for hydroxylation is 1. The van der Waals surface area contributed by atoms with Gasteiger partial charge in [-0.1, -0.05) is 75.7 Å². The van der Waals surface area contributed by atoms with Gasteiger partial charge >= 0.3 is 0 Å². The Morgan fingerprint density at radius 3 is 2.33 bits per heavy atom. The maximum Gasteiger partial charge on any atom is 0.257 e. The van der Waals surface area contributed by atoms with Gasteiger partial charge in [-0.25, -0.2) is 4.98 Å². The second-order valence-electron chi connectivity index (χ2n) is 11.2. The van der Waals surface area contributed by atoms with E-state index in [4.69, 9.17) is 11.6 Å². The number of amides is 2. The van der Waals surface area contributed by atoms with Gasteiger partial charge in [0, 0.05) is 19.3 Å². The number of nitrogens with one attached hydrogen (secondary N) is 1. The van der Waals surface area contributed by atoms with Crippen molar-refractivity contribution in [3.63, 3.8) is 0 Å². The zero-order valence-corrected chi connectivity index (χ0v) is 24.2. The molecule has 0 saturated carbocycles. The number of rotatable bonds is 11. The number of halogens is 1. The molecule has 1 aromatic heterocycles. The van der Waals surface area contributed by atoms with Crippen LogP contribution in [0.4, 0.5) is 17.2 Å². The van der Waals surface area contributed by atoms with Crippen molar-refractivity contribution in [1.82, 2.24) is 9.88 Å². The monoisotopic (exact) mass is 546 g/mol. The zero-order chi connectivity index (χ0) is 27.9. The molecule has 2 aromatic carbocycles. The number of hydrogen-bond acceptors (Lipinski definition) is 4. The van der Waals surface area contributed by atoms with Crippen LogP contribution in [0.2, 0.25) is 5.02 Å².